The second-order valence-corrected chi connectivity index (χ2v) is 3.97. The maximum atomic E-state index is 11.3. The summed E-state index contributed by atoms with van der Waals surface area (Å²) in [5, 5.41) is 11.2. The molecule has 0 aliphatic heterocycles. The second-order valence-electron chi connectivity index (χ2n) is 3.97. The van der Waals surface area contributed by atoms with Gasteiger partial charge in [-0.25, -0.2) is 9.59 Å². The fraction of sp³-hybridized carbons (Fsp3) is 0.727. The number of hydrogen-bond acceptors (Lipinski definition) is 4. The van der Waals surface area contributed by atoms with Crippen LogP contribution in [0.4, 0.5) is 4.79 Å². The van der Waals surface area contributed by atoms with Crippen LogP contribution in [0, 0.1) is 0 Å². The first-order valence-corrected chi connectivity index (χ1v) is 6.18. The fourth-order valence-corrected chi connectivity index (χ4v) is 1.25. The number of nitrogens with two attached hydrogens (primary N) is 2. The van der Waals surface area contributed by atoms with Crippen molar-refractivity contribution >= 4 is 30.4 Å². The van der Waals surface area contributed by atoms with Gasteiger partial charge in [0.2, 0.25) is 0 Å². The van der Waals surface area contributed by atoms with E-state index in [2.05, 4.69) is 10.3 Å². The molecule has 0 saturated carbocycles. The van der Waals surface area contributed by atoms with Gasteiger partial charge in [0.1, 0.15) is 6.04 Å². The summed E-state index contributed by atoms with van der Waals surface area (Å²) in [6, 6.07) is -0.997. The Bertz CT molecular complexity index is 322. The van der Waals surface area contributed by atoms with E-state index in [0.29, 0.717) is 13.0 Å². The third-order valence-corrected chi connectivity index (χ3v) is 2.27. The summed E-state index contributed by atoms with van der Waals surface area (Å²) < 4.78 is 4.83. The molecule has 0 heterocycles. The first kappa shape index (κ1) is 20.6. The van der Waals surface area contributed by atoms with Gasteiger partial charge in [0.25, 0.3) is 0 Å². The first-order valence-electron chi connectivity index (χ1n) is 6.18. The molecule has 0 saturated heterocycles. The number of hydrogen-bond donors (Lipinski definition) is 4. The van der Waals surface area contributed by atoms with E-state index in [1.807, 2.05) is 6.92 Å². The molecule has 0 aliphatic carbocycles. The van der Waals surface area contributed by atoms with Crippen molar-refractivity contribution in [2.75, 3.05) is 13.2 Å². The number of unbranched alkanes of at least 4 members (excludes halogenated alkanes) is 1. The monoisotopic (exact) mass is 310 g/mol. The number of carbonyl (C=O) groups is 2. The van der Waals surface area contributed by atoms with Gasteiger partial charge in [-0.15, -0.1) is 12.4 Å². The number of guanidine groups is 1. The minimum atomic E-state index is -1.11. The Morgan fingerprint density at radius 3 is 2.50 bits per heavy atom. The number of nitrogens with zero attached hydrogens (tertiary/aromatic N) is 1. The quantitative estimate of drug-likeness (QED) is 0.277. The minimum Gasteiger partial charge on any atom is -0.480 e. The van der Waals surface area contributed by atoms with Gasteiger partial charge in [-0.3, -0.25) is 4.99 Å². The molecule has 0 fully saturated rings. The molecule has 0 aliphatic rings. The molecule has 0 aromatic carbocycles. The van der Waals surface area contributed by atoms with Gasteiger partial charge in [0.15, 0.2) is 5.96 Å². The zero-order valence-corrected chi connectivity index (χ0v) is 12.3. The lowest BCUT2D eigenvalue weighted by atomic mass is 10.1. The van der Waals surface area contributed by atoms with Crippen molar-refractivity contribution in [1.29, 1.82) is 0 Å². The smallest absolute Gasteiger partial charge is 0.407 e. The molecule has 1 atom stereocenters. The van der Waals surface area contributed by atoms with Gasteiger partial charge in [-0.1, -0.05) is 13.3 Å². The maximum absolute atomic E-state index is 11.3. The average molecular weight is 311 g/mol. The standard InChI is InChI=1S/C11H22N4O4.ClH/c1-2-3-7-19-11(18)15-8(9(16)17)5-4-6-14-10(12)13;/h8H,2-7H2,1H3,(H,15,18)(H,16,17)(H4,12,13,14);1H/t8-;/m0./s1. The van der Waals surface area contributed by atoms with Crippen molar-refractivity contribution in [2.24, 2.45) is 16.5 Å². The van der Waals surface area contributed by atoms with Crippen LogP contribution in [0.3, 0.4) is 0 Å². The Hall–Kier alpha value is -1.70. The predicted molar refractivity (Wildman–Crippen MR) is 78.0 cm³/mol. The first-order chi connectivity index (χ1) is 8.97. The van der Waals surface area contributed by atoms with Crippen LogP contribution in [-0.4, -0.2) is 42.3 Å². The van der Waals surface area contributed by atoms with Crippen LogP contribution in [0.1, 0.15) is 32.6 Å². The lowest BCUT2D eigenvalue weighted by Gasteiger charge is -2.13. The van der Waals surface area contributed by atoms with Crippen LogP contribution in [0.2, 0.25) is 0 Å². The van der Waals surface area contributed by atoms with E-state index >= 15 is 0 Å². The number of carbonyl (C=O) groups excluding carboxylic acids is 1. The molecule has 118 valence electrons. The van der Waals surface area contributed by atoms with E-state index in [4.69, 9.17) is 21.3 Å². The van der Waals surface area contributed by atoms with Crippen molar-refractivity contribution in [2.45, 2.75) is 38.6 Å². The van der Waals surface area contributed by atoms with Crippen molar-refractivity contribution in [3.63, 3.8) is 0 Å². The number of aliphatic carboxylic acids is 1. The van der Waals surface area contributed by atoms with Crippen LogP contribution in [-0.2, 0) is 9.53 Å². The van der Waals surface area contributed by atoms with E-state index in [0.717, 1.165) is 12.8 Å². The average Bonchev–Trinajstić information content (AvgIpc) is 2.32. The van der Waals surface area contributed by atoms with E-state index < -0.39 is 18.1 Å². The third-order valence-electron chi connectivity index (χ3n) is 2.27. The Balaban J connectivity index is 0. The minimum absolute atomic E-state index is 0. The topological polar surface area (TPSA) is 140 Å². The molecule has 9 heteroatoms. The molecule has 8 nitrogen and oxygen atoms in total. The number of halogens is 1. The summed E-state index contributed by atoms with van der Waals surface area (Å²) in [4.78, 5) is 26.0. The van der Waals surface area contributed by atoms with Crippen LogP contribution < -0.4 is 16.8 Å². The van der Waals surface area contributed by atoms with Crippen molar-refractivity contribution in [1.82, 2.24) is 5.32 Å². The Kier molecular flexibility index (Phi) is 12.7. The van der Waals surface area contributed by atoms with Crippen molar-refractivity contribution < 1.29 is 19.4 Å². The Labute approximate surface area is 124 Å². The molecule has 0 bridgehead atoms. The maximum Gasteiger partial charge on any atom is 0.407 e. The number of rotatable bonds is 9. The molecule has 0 rings (SSSR count). The van der Waals surface area contributed by atoms with Crippen molar-refractivity contribution in [3.05, 3.63) is 0 Å². The van der Waals surface area contributed by atoms with Crippen LogP contribution in [0.15, 0.2) is 4.99 Å². The van der Waals surface area contributed by atoms with E-state index in [1.165, 1.54) is 0 Å². The highest BCUT2D eigenvalue weighted by molar-refractivity contribution is 5.85. The lowest BCUT2D eigenvalue weighted by molar-refractivity contribution is -0.139. The summed E-state index contributed by atoms with van der Waals surface area (Å²) in [7, 11) is 0. The van der Waals surface area contributed by atoms with E-state index in [-0.39, 0.29) is 31.4 Å². The molecule has 0 unspecified atom stereocenters. The van der Waals surface area contributed by atoms with Crippen LogP contribution in [0.25, 0.3) is 0 Å². The predicted octanol–water partition coefficient (Wildman–Crippen LogP) is 0.441. The number of aliphatic imine (C=N–C) groups is 1. The highest BCUT2D eigenvalue weighted by atomic mass is 35.5. The highest BCUT2D eigenvalue weighted by Crippen LogP contribution is 1.99. The van der Waals surface area contributed by atoms with Gasteiger partial charge in [0, 0.05) is 6.54 Å². The number of amides is 1. The largest absolute Gasteiger partial charge is 0.480 e. The fourth-order valence-electron chi connectivity index (χ4n) is 1.25. The lowest BCUT2D eigenvalue weighted by Crippen LogP contribution is -2.41. The molecule has 0 radical (unpaired) electrons. The van der Waals surface area contributed by atoms with Crippen LogP contribution in [0.5, 0.6) is 0 Å². The van der Waals surface area contributed by atoms with E-state index in [1.54, 1.807) is 0 Å². The molecular weight excluding hydrogens is 288 g/mol. The molecule has 1 amide bonds. The van der Waals surface area contributed by atoms with Crippen LogP contribution >= 0.6 is 12.4 Å². The molecule has 6 N–H and O–H groups in total. The molecule has 0 aromatic heterocycles. The summed E-state index contributed by atoms with van der Waals surface area (Å²) >= 11 is 0. The zero-order valence-electron chi connectivity index (χ0n) is 11.5. The number of carboxylic acid groups (broad SMARTS) is 1. The second kappa shape index (κ2) is 12.3. The number of ether oxygens (including phenoxy) is 1. The number of nitrogens with one attached hydrogen (secondary N) is 1. The third kappa shape index (κ3) is 11.4. The SMILES string of the molecule is CCCCOC(=O)N[C@@H](CCCN=C(N)N)C(=O)O.Cl. The van der Waals surface area contributed by atoms with Gasteiger partial charge < -0.3 is 26.6 Å². The highest BCUT2D eigenvalue weighted by Gasteiger charge is 2.19. The van der Waals surface area contributed by atoms with Crippen molar-refractivity contribution in [3.8, 4) is 0 Å². The number of carboxylic acids is 1. The Morgan fingerprint density at radius 2 is 2.00 bits per heavy atom. The summed E-state index contributed by atoms with van der Waals surface area (Å²) in [5.74, 6) is -1.16. The van der Waals surface area contributed by atoms with Gasteiger partial charge >= 0.3 is 12.1 Å². The Morgan fingerprint density at radius 1 is 1.35 bits per heavy atom. The summed E-state index contributed by atoms with van der Waals surface area (Å²) in [6.45, 7) is 2.56. The van der Waals surface area contributed by atoms with Gasteiger partial charge in [-0.2, -0.15) is 0 Å². The summed E-state index contributed by atoms with van der Waals surface area (Å²) in [5.41, 5.74) is 10.3. The molecular formula is C11H23ClN4O4. The normalized spacial score (nSPS) is 10.8. The summed E-state index contributed by atoms with van der Waals surface area (Å²) in [6.07, 6.45) is 1.60. The number of alkyl carbamates (subject to hydrolysis) is 1. The molecule has 0 spiro atoms. The van der Waals surface area contributed by atoms with Gasteiger partial charge in [0.05, 0.1) is 6.61 Å². The molecule has 20 heavy (non-hydrogen) atoms. The van der Waals surface area contributed by atoms with E-state index in [9.17, 15) is 9.59 Å². The zero-order chi connectivity index (χ0) is 14.7. The van der Waals surface area contributed by atoms with Gasteiger partial charge in [-0.05, 0) is 19.3 Å². The molecule has 0 aromatic rings.